The van der Waals surface area contributed by atoms with E-state index in [4.69, 9.17) is 23.2 Å². The largest absolute Gasteiger partial charge is 0.363 e. The molecule has 2 unspecified atom stereocenters. The zero-order valence-corrected chi connectivity index (χ0v) is 12.4. The van der Waals surface area contributed by atoms with Crippen LogP contribution in [0.2, 0.25) is 10.0 Å². The molecule has 0 spiro atoms. The van der Waals surface area contributed by atoms with Gasteiger partial charge in [-0.3, -0.25) is 0 Å². The van der Waals surface area contributed by atoms with E-state index in [-0.39, 0.29) is 0 Å². The van der Waals surface area contributed by atoms with E-state index in [1.165, 1.54) is 0 Å². The second kappa shape index (κ2) is 6.14. The van der Waals surface area contributed by atoms with E-state index in [1.807, 2.05) is 18.2 Å². The van der Waals surface area contributed by atoms with Gasteiger partial charge in [-0.05, 0) is 25.0 Å². The monoisotopic (exact) mass is 286 g/mol. The number of hydrogen-bond donors (Lipinski definition) is 1. The molecule has 2 atom stereocenters. The molecule has 2 nitrogen and oxygen atoms in total. The molecule has 0 amide bonds. The van der Waals surface area contributed by atoms with Gasteiger partial charge in [0.05, 0.1) is 15.7 Å². The van der Waals surface area contributed by atoms with E-state index in [1.54, 1.807) is 0 Å². The summed E-state index contributed by atoms with van der Waals surface area (Å²) in [5, 5.41) is 5.08. The third kappa shape index (κ3) is 2.76. The molecule has 1 N–H and O–H groups in total. The summed E-state index contributed by atoms with van der Waals surface area (Å²) >= 11 is 12.7. The van der Waals surface area contributed by atoms with E-state index in [9.17, 15) is 0 Å². The number of anilines is 1. The number of rotatable bonds is 3. The molecule has 1 aromatic carbocycles. The second-order valence-corrected chi connectivity index (χ2v) is 5.61. The van der Waals surface area contributed by atoms with Crippen molar-refractivity contribution in [1.82, 2.24) is 5.32 Å². The zero-order chi connectivity index (χ0) is 13.1. The van der Waals surface area contributed by atoms with Crippen LogP contribution in [0.15, 0.2) is 18.2 Å². The third-order valence-electron chi connectivity index (χ3n) is 3.69. The number of nitrogens with zero attached hydrogens (tertiary/aromatic N) is 1. The Hall–Kier alpha value is -0.440. The van der Waals surface area contributed by atoms with E-state index in [0.29, 0.717) is 12.1 Å². The predicted octanol–water partition coefficient (Wildman–Crippen LogP) is 3.96. The predicted molar refractivity (Wildman–Crippen MR) is 80.0 cm³/mol. The molecule has 4 heteroatoms. The topological polar surface area (TPSA) is 15.3 Å². The van der Waals surface area contributed by atoms with Crippen molar-refractivity contribution >= 4 is 28.9 Å². The van der Waals surface area contributed by atoms with Crippen molar-refractivity contribution in [2.45, 2.75) is 38.8 Å². The van der Waals surface area contributed by atoms with Crippen molar-refractivity contribution in [3.05, 3.63) is 28.2 Å². The molecule has 0 saturated carbocycles. The van der Waals surface area contributed by atoms with Crippen LogP contribution in [0.25, 0.3) is 0 Å². The summed E-state index contributed by atoms with van der Waals surface area (Å²) in [6.45, 7) is 6.38. The molecule has 18 heavy (non-hydrogen) atoms. The first-order chi connectivity index (χ1) is 8.67. The van der Waals surface area contributed by atoms with Gasteiger partial charge in [-0.15, -0.1) is 0 Å². The van der Waals surface area contributed by atoms with Gasteiger partial charge in [0.1, 0.15) is 0 Å². The normalized spacial score (nSPS) is 24.3. The molecular formula is C14H20Cl2N2. The highest BCUT2D eigenvalue weighted by Crippen LogP contribution is 2.36. The van der Waals surface area contributed by atoms with Crippen LogP contribution in [0.4, 0.5) is 5.69 Å². The summed E-state index contributed by atoms with van der Waals surface area (Å²) in [6.07, 6.45) is 2.21. The fourth-order valence-corrected chi connectivity index (χ4v) is 3.15. The Balaban J connectivity index is 2.32. The number of hydrogen-bond acceptors (Lipinski definition) is 2. The second-order valence-electron chi connectivity index (χ2n) is 4.80. The van der Waals surface area contributed by atoms with E-state index >= 15 is 0 Å². The van der Waals surface area contributed by atoms with E-state index < -0.39 is 0 Å². The van der Waals surface area contributed by atoms with Crippen LogP contribution >= 0.6 is 23.2 Å². The van der Waals surface area contributed by atoms with Crippen molar-refractivity contribution in [2.75, 3.05) is 18.0 Å². The van der Waals surface area contributed by atoms with Crippen LogP contribution in [0, 0.1) is 0 Å². The summed E-state index contributed by atoms with van der Waals surface area (Å²) in [5.74, 6) is 0. The van der Waals surface area contributed by atoms with Crippen LogP contribution in [-0.4, -0.2) is 25.2 Å². The van der Waals surface area contributed by atoms with E-state index in [2.05, 4.69) is 24.1 Å². The van der Waals surface area contributed by atoms with Gasteiger partial charge in [-0.1, -0.05) is 43.1 Å². The van der Waals surface area contributed by atoms with Crippen LogP contribution in [0.1, 0.15) is 26.7 Å². The number of para-hydroxylation sites is 1. The molecular weight excluding hydrogens is 267 g/mol. The van der Waals surface area contributed by atoms with Gasteiger partial charge in [0.15, 0.2) is 0 Å². The van der Waals surface area contributed by atoms with Gasteiger partial charge in [-0.25, -0.2) is 0 Å². The van der Waals surface area contributed by atoms with E-state index in [0.717, 1.165) is 41.7 Å². The molecule has 100 valence electrons. The highest BCUT2D eigenvalue weighted by atomic mass is 35.5. The molecule has 2 rings (SSSR count). The van der Waals surface area contributed by atoms with Crippen LogP contribution in [0.3, 0.4) is 0 Å². The minimum absolute atomic E-state index is 0.463. The summed E-state index contributed by atoms with van der Waals surface area (Å²) in [7, 11) is 0. The Morgan fingerprint density at radius 2 is 1.89 bits per heavy atom. The Morgan fingerprint density at radius 3 is 2.44 bits per heavy atom. The molecule has 0 aliphatic carbocycles. The number of halogens is 2. The van der Waals surface area contributed by atoms with Crippen molar-refractivity contribution in [2.24, 2.45) is 0 Å². The Morgan fingerprint density at radius 1 is 1.22 bits per heavy atom. The minimum atomic E-state index is 0.463. The lowest BCUT2D eigenvalue weighted by Gasteiger charge is -2.42. The van der Waals surface area contributed by atoms with Crippen molar-refractivity contribution in [3.63, 3.8) is 0 Å². The molecule has 0 radical (unpaired) electrons. The van der Waals surface area contributed by atoms with Gasteiger partial charge < -0.3 is 10.2 Å². The van der Waals surface area contributed by atoms with Gasteiger partial charge >= 0.3 is 0 Å². The minimum Gasteiger partial charge on any atom is -0.363 e. The molecule has 1 fully saturated rings. The maximum atomic E-state index is 6.33. The SMILES string of the molecule is CCC1CN(c2c(Cl)cccc2Cl)C(CC)CN1. The van der Waals surface area contributed by atoms with Crippen molar-refractivity contribution in [3.8, 4) is 0 Å². The fourth-order valence-electron chi connectivity index (χ4n) is 2.54. The van der Waals surface area contributed by atoms with Gasteiger partial charge in [-0.2, -0.15) is 0 Å². The molecule has 0 bridgehead atoms. The Bertz CT molecular complexity index is 389. The van der Waals surface area contributed by atoms with Gasteiger partial charge in [0.25, 0.3) is 0 Å². The number of benzene rings is 1. The molecule has 0 aromatic heterocycles. The molecule has 1 aliphatic rings. The maximum Gasteiger partial charge on any atom is 0.0748 e. The first-order valence-corrected chi connectivity index (χ1v) is 7.37. The maximum absolute atomic E-state index is 6.33. The molecule has 1 heterocycles. The quantitative estimate of drug-likeness (QED) is 0.905. The summed E-state index contributed by atoms with van der Waals surface area (Å²) in [4.78, 5) is 2.37. The van der Waals surface area contributed by atoms with Crippen molar-refractivity contribution in [1.29, 1.82) is 0 Å². The lowest BCUT2D eigenvalue weighted by Crippen LogP contribution is -2.56. The van der Waals surface area contributed by atoms with Crippen LogP contribution in [0.5, 0.6) is 0 Å². The first-order valence-electron chi connectivity index (χ1n) is 6.61. The lowest BCUT2D eigenvalue weighted by atomic mass is 10.0. The summed E-state index contributed by atoms with van der Waals surface area (Å²) in [5.41, 5.74) is 0.993. The van der Waals surface area contributed by atoms with Crippen LogP contribution in [-0.2, 0) is 0 Å². The number of piperazine rings is 1. The average molecular weight is 287 g/mol. The van der Waals surface area contributed by atoms with Gasteiger partial charge in [0.2, 0.25) is 0 Å². The number of nitrogens with one attached hydrogen (secondary N) is 1. The molecule has 1 aliphatic heterocycles. The standard InChI is InChI=1S/C14H20Cl2N2/c1-3-10-9-18(11(4-2)8-17-10)14-12(15)6-5-7-13(14)16/h5-7,10-11,17H,3-4,8-9H2,1-2H3. The highest BCUT2D eigenvalue weighted by molar-refractivity contribution is 6.39. The third-order valence-corrected chi connectivity index (χ3v) is 4.30. The first kappa shape index (κ1) is 14.0. The fraction of sp³-hybridized carbons (Fsp3) is 0.571. The summed E-state index contributed by atoms with van der Waals surface area (Å²) < 4.78 is 0. The zero-order valence-electron chi connectivity index (χ0n) is 10.9. The lowest BCUT2D eigenvalue weighted by molar-refractivity contribution is 0.379. The highest BCUT2D eigenvalue weighted by Gasteiger charge is 2.28. The molecule has 1 saturated heterocycles. The smallest absolute Gasteiger partial charge is 0.0748 e. The van der Waals surface area contributed by atoms with Crippen molar-refractivity contribution < 1.29 is 0 Å². The van der Waals surface area contributed by atoms with Gasteiger partial charge in [0, 0.05) is 25.2 Å². The summed E-state index contributed by atoms with van der Waals surface area (Å²) in [6, 6.07) is 6.70. The average Bonchev–Trinajstić information content (AvgIpc) is 2.38. The Kier molecular flexibility index (Phi) is 4.77. The Labute approximate surface area is 119 Å². The van der Waals surface area contributed by atoms with Crippen LogP contribution < -0.4 is 10.2 Å². The molecule has 1 aromatic rings.